The highest BCUT2D eigenvalue weighted by molar-refractivity contribution is 7.13. The average molecular weight is 300 g/mol. The molecule has 5 nitrogen and oxygen atoms in total. The largest absolute Gasteiger partial charge is 0.344 e. The number of nitrogens with one attached hydrogen (secondary N) is 1. The number of hydrogen-bond acceptors (Lipinski definition) is 5. The predicted molar refractivity (Wildman–Crippen MR) is 85.9 cm³/mol. The second-order valence-corrected chi connectivity index (χ2v) is 5.39. The van der Waals surface area contributed by atoms with Crippen molar-refractivity contribution in [3.8, 4) is 22.1 Å². The van der Waals surface area contributed by atoms with E-state index in [-0.39, 0.29) is 11.7 Å². The van der Waals surface area contributed by atoms with Crippen molar-refractivity contribution < 1.29 is 0 Å². The van der Waals surface area contributed by atoms with Crippen LogP contribution in [0.5, 0.6) is 0 Å². The average Bonchev–Trinajstić information content (AvgIpc) is 2.95. The van der Waals surface area contributed by atoms with Crippen LogP contribution < -0.4 is 11.7 Å². The molecule has 3 rings (SSSR count). The van der Waals surface area contributed by atoms with E-state index in [1.807, 2.05) is 42.6 Å². The third-order valence-electron chi connectivity index (χ3n) is 3.17. The van der Waals surface area contributed by atoms with Crippen LogP contribution in [0.4, 0.5) is 0 Å². The zero-order valence-corrected chi connectivity index (χ0v) is 12.7. The van der Waals surface area contributed by atoms with Gasteiger partial charge in [-0.3, -0.25) is 4.79 Å². The molecule has 0 atom stereocenters. The van der Waals surface area contributed by atoms with Crippen molar-refractivity contribution in [3.05, 3.63) is 57.3 Å². The van der Waals surface area contributed by atoms with E-state index in [2.05, 4.69) is 15.0 Å². The topological polar surface area (TPSA) is 93.6 Å². The smallest absolute Gasteiger partial charge is 0.254 e. The Labute approximate surface area is 126 Å². The Morgan fingerprint density at radius 3 is 2.48 bits per heavy atom. The quantitative estimate of drug-likeness (QED) is 0.759. The van der Waals surface area contributed by atoms with Crippen LogP contribution in [-0.4, -0.2) is 15.0 Å². The van der Waals surface area contributed by atoms with Crippen LogP contribution in [0.15, 0.2) is 40.5 Å². The maximum Gasteiger partial charge on any atom is 0.254 e. The van der Waals surface area contributed by atoms with Gasteiger partial charge in [0.15, 0.2) is 10.8 Å². The lowest BCUT2D eigenvalue weighted by molar-refractivity contribution is 1.03. The summed E-state index contributed by atoms with van der Waals surface area (Å²) >= 11 is 1.48. The number of rotatable bonds is 2. The zero-order chi connectivity index (χ0) is 14.1. The molecule has 0 bridgehead atoms. The van der Waals surface area contributed by atoms with E-state index in [0.717, 1.165) is 22.0 Å². The highest BCUT2D eigenvalue weighted by atomic mass is 32.1. The minimum absolute atomic E-state index is 0. The van der Waals surface area contributed by atoms with Crippen LogP contribution in [0, 0.1) is 13.8 Å². The van der Waals surface area contributed by atoms with Crippen molar-refractivity contribution >= 4 is 11.3 Å². The molecule has 0 saturated heterocycles. The van der Waals surface area contributed by atoms with Crippen molar-refractivity contribution in [2.45, 2.75) is 13.8 Å². The molecule has 4 N–H and O–H groups in total. The lowest BCUT2D eigenvalue weighted by atomic mass is 10.2. The Bertz CT molecular complexity index is 808. The first-order valence-electron chi connectivity index (χ1n) is 6.24. The summed E-state index contributed by atoms with van der Waals surface area (Å²) in [5.74, 6) is 0.533. The van der Waals surface area contributed by atoms with Crippen LogP contribution in [0.25, 0.3) is 22.1 Å². The molecule has 0 aliphatic heterocycles. The van der Waals surface area contributed by atoms with Crippen molar-refractivity contribution in [1.29, 1.82) is 0 Å². The molecule has 0 spiro atoms. The van der Waals surface area contributed by atoms with Gasteiger partial charge >= 0.3 is 0 Å². The SMILES string of the molecule is Cc1nc(-c2nc(-c3ccccc3)cs2)[nH]c(=O)c1C.N. The molecule has 6 heteroatoms. The Morgan fingerprint density at radius 2 is 1.81 bits per heavy atom. The predicted octanol–water partition coefficient (Wildman–Crippen LogP) is 3.34. The summed E-state index contributed by atoms with van der Waals surface area (Å²) < 4.78 is 0. The molecule has 2 aromatic heterocycles. The molecule has 0 amide bonds. The second kappa shape index (κ2) is 5.99. The van der Waals surface area contributed by atoms with Crippen LogP contribution in [0.3, 0.4) is 0 Å². The van der Waals surface area contributed by atoms with Gasteiger partial charge in [0.25, 0.3) is 5.56 Å². The third kappa shape index (κ3) is 2.91. The molecule has 0 saturated carbocycles. The Kier molecular flexibility index (Phi) is 4.30. The van der Waals surface area contributed by atoms with E-state index in [0.29, 0.717) is 11.4 Å². The first-order chi connectivity index (χ1) is 9.65. The molecule has 0 radical (unpaired) electrons. The van der Waals surface area contributed by atoms with Crippen molar-refractivity contribution in [1.82, 2.24) is 21.1 Å². The number of aryl methyl sites for hydroxylation is 1. The summed E-state index contributed by atoms with van der Waals surface area (Å²) in [6.45, 7) is 3.60. The molecule has 0 aliphatic carbocycles. The maximum atomic E-state index is 11.8. The number of H-pyrrole nitrogens is 1. The molecular formula is C15H16N4OS. The van der Waals surface area contributed by atoms with Gasteiger partial charge in [-0.1, -0.05) is 30.3 Å². The summed E-state index contributed by atoms with van der Waals surface area (Å²) in [5.41, 5.74) is 3.23. The van der Waals surface area contributed by atoms with Gasteiger partial charge in [0, 0.05) is 22.2 Å². The summed E-state index contributed by atoms with van der Waals surface area (Å²) in [6.07, 6.45) is 0. The summed E-state index contributed by atoms with van der Waals surface area (Å²) in [4.78, 5) is 23.5. The second-order valence-electron chi connectivity index (χ2n) is 4.53. The Hall–Kier alpha value is -2.31. The van der Waals surface area contributed by atoms with Gasteiger partial charge in [-0.2, -0.15) is 0 Å². The lowest BCUT2D eigenvalue weighted by Gasteiger charge is -2.01. The fraction of sp³-hybridized carbons (Fsp3) is 0.133. The van der Waals surface area contributed by atoms with Gasteiger partial charge in [-0.15, -0.1) is 11.3 Å². The number of benzene rings is 1. The highest BCUT2D eigenvalue weighted by Crippen LogP contribution is 2.26. The fourth-order valence-electron chi connectivity index (χ4n) is 1.87. The zero-order valence-electron chi connectivity index (χ0n) is 11.9. The van der Waals surface area contributed by atoms with Crippen LogP contribution in [0.2, 0.25) is 0 Å². The van der Waals surface area contributed by atoms with Crippen LogP contribution in [-0.2, 0) is 0 Å². The summed E-state index contributed by atoms with van der Waals surface area (Å²) in [6, 6.07) is 9.94. The molecule has 0 aliphatic rings. The normalized spacial score (nSPS) is 10.2. The maximum absolute atomic E-state index is 11.8. The molecule has 0 unspecified atom stereocenters. The number of nitrogens with zero attached hydrogens (tertiary/aromatic N) is 2. The van der Waals surface area contributed by atoms with Crippen molar-refractivity contribution in [2.24, 2.45) is 0 Å². The van der Waals surface area contributed by atoms with Gasteiger partial charge in [0.2, 0.25) is 0 Å². The molecule has 108 valence electrons. The molecule has 21 heavy (non-hydrogen) atoms. The van der Waals surface area contributed by atoms with E-state index in [9.17, 15) is 4.79 Å². The molecule has 1 aromatic carbocycles. The van der Waals surface area contributed by atoms with Gasteiger partial charge in [0.05, 0.1) is 5.69 Å². The minimum atomic E-state index is -0.107. The third-order valence-corrected chi connectivity index (χ3v) is 4.02. The Morgan fingerprint density at radius 1 is 1.10 bits per heavy atom. The number of hydrogen-bond donors (Lipinski definition) is 2. The van der Waals surface area contributed by atoms with E-state index in [1.165, 1.54) is 11.3 Å². The van der Waals surface area contributed by atoms with Crippen molar-refractivity contribution in [2.75, 3.05) is 0 Å². The molecule has 2 heterocycles. The fourth-order valence-corrected chi connectivity index (χ4v) is 2.64. The monoisotopic (exact) mass is 300 g/mol. The van der Waals surface area contributed by atoms with Crippen LogP contribution in [0.1, 0.15) is 11.3 Å². The van der Waals surface area contributed by atoms with E-state index in [1.54, 1.807) is 6.92 Å². The van der Waals surface area contributed by atoms with E-state index >= 15 is 0 Å². The molecule has 3 aromatic rings. The standard InChI is InChI=1S/C15H13N3OS.H3N/c1-9-10(2)16-13(18-14(9)19)15-17-12(8-20-15)11-6-4-3-5-7-11;/h3-8H,1-2H3,(H,16,18,19);1H3. The summed E-state index contributed by atoms with van der Waals surface area (Å²) in [7, 11) is 0. The van der Waals surface area contributed by atoms with Gasteiger partial charge in [-0.05, 0) is 13.8 Å². The van der Waals surface area contributed by atoms with Crippen LogP contribution >= 0.6 is 11.3 Å². The number of thiazole rings is 1. The number of aromatic amines is 1. The highest BCUT2D eigenvalue weighted by Gasteiger charge is 2.10. The molecule has 0 fully saturated rings. The van der Waals surface area contributed by atoms with Gasteiger partial charge in [-0.25, -0.2) is 9.97 Å². The first-order valence-corrected chi connectivity index (χ1v) is 7.12. The lowest BCUT2D eigenvalue weighted by Crippen LogP contribution is -2.14. The summed E-state index contributed by atoms with van der Waals surface area (Å²) in [5, 5.41) is 2.70. The van der Waals surface area contributed by atoms with Gasteiger partial charge < -0.3 is 11.1 Å². The van der Waals surface area contributed by atoms with Crippen molar-refractivity contribution in [3.63, 3.8) is 0 Å². The van der Waals surface area contributed by atoms with Gasteiger partial charge in [0.1, 0.15) is 0 Å². The Balaban J connectivity index is 0.00000161. The number of aromatic nitrogens is 3. The van der Waals surface area contributed by atoms with E-state index < -0.39 is 0 Å². The minimum Gasteiger partial charge on any atom is -0.344 e. The molecular weight excluding hydrogens is 284 g/mol. The first kappa shape index (κ1) is 15.1. The van der Waals surface area contributed by atoms with E-state index in [4.69, 9.17) is 0 Å².